The lowest BCUT2D eigenvalue weighted by atomic mass is 10.1. The number of H-pyrrole nitrogens is 1. The molecule has 1 aromatic heterocycles. The summed E-state index contributed by atoms with van der Waals surface area (Å²) < 4.78 is 0. The van der Waals surface area contributed by atoms with Crippen LogP contribution in [0, 0.1) is 5.21 Å². The average Bonchev–Trinajstić information content (AvgIpc) is 2.58. The van der Waals surface area contributed by atoms with Gasteiger partial charge in [0.25, 0.3) is 0 Å². The van der Waals surface area contributed by atoms with Gasteiger partial charge in [-0.15, -0.1) is 0 Å². The molecule has 68 valence electrons. The molecule has 0 fully saturated rings. The lowest BCUT2D eigenvalue weighted by Gasteiger charge is -2.00. The Balaban J connectivity index is 2.35. The number of fused-ring (bicyclic) bond motifs is 1. The number of nitrogens with one attached hydrogen (secondary N) is 1. The van der Waals surface area contributed by atoms with Crippen LogP contribution in [0.1, 0.15) is 5.56 Å². The van der Waals surface area contributed by atoms with Crippen LogP contribution in [0.5, 0.6) is 0 Å². The van der Waals surface area contributed by atoms with Crippen molar-refractivity contribution >= 4 is 10.9 Å². The molecule has 2 rings (SSSR count). The van der Waals surface area contributed by atoms with Crippen molar-refractivity contribution in [3.63, 3.8) is 0 Å². The van der Waals surface area contributed by atoms with Gasteiger partial charge in [0, 0.05) is 23.5 Å². The van der Waals surface area contributed by atoms with Crippen LogP contribution in [0.3, 0.4) is 0 Å². The Morgan fingerprint density at radius 2 is 2.15 bits per heavy atom. The number of rotatable bonds is 3. The summed E-state index contributed by atoms with van der Waals surface area (Å²) in [5.41, 5.74) is 3.33. The van der Waals surface area contributed by atoms with Crippen LogP contribution in [-0.4, -0.2) is 11.5 Å². The maximum absolute atomic E-state index is 10.2. The second-order valence-corrected chi connectivity index (χ2v) is 3.06. The van der Waals surface area contributed by atoms with Gasteiger partial charge in [-0.05, 0) is 11.6 Å². The molecule has 0 saturated heterocycles. The van der Waals surface area contributed by atoms with Crippen LogP contribution in [0.4, 0.5) is 0 Å². The topological polar surface area (TPSA) is 55.5 Å². The predicted molar refractivity (Wildman–Crippen MR) is 52.2 cm³/mol. The summed E-state index contributed by atoms with van der Waals surface area (Å²) in [6, 6.07) is 8.13. The van der Waals surface area contributed by atoms with Gasteiger partial charge in [0.1, 0.15) is 0 Å². The standard InChI is InChI=1S/C10H12N2O/c13-12-6-5-8-7-11-10-4-2-1-3-9(8)10/h1-4,7,11H,5-6,12H2. The molecule has 0 radical (unpaired) electrons. The Kier molecular flexibility index (Phi) is 2.29. The number of para-hydroxylation sites is 1. The Bertz CT molecular complexity index is 394. The molecular weight excluding hydrogens is 164 g/mol. The number of nitrogens with two attached hydrogens (primary N) is 1. The number of aromatic nitrogens is 1. The monoisotopic (exact) mass is 176 g/mol. The molecule has 3 heteroatoms. The van der Waals surface area contributed by atoms with E-state index in [0.29, 0.717) is 6.54 Å². The number of benzene rings is 1. The smallest absolute Gasteiger partial charge is 0.0794 e. The van der Waals surface area contributed by atoms with E-state index in [2.05, 4.69) is 11.1 Å². The summed E-state index contributed by atoms with van der Waals surface area (Å²) in [4.78, 5) is 3.18. The first-order chi connectivity index (χ1) is 6.42. The SMILES string of the molecule is [O-][NH2+]CCc1c[nH]c2ccccc12. The molecule has 0 spiro atoms. The van der Waals surface area contributed by atoms with E-state index < -0.39 is 0 Å². The molecule has 0 atom stereocenters. The summed E-state index contributed by atoms with van der Waals surface area (Å²) >= 11 is 0. The average molecular weight is 176 g/mol. The van der Waals surface area contributed by atoms with Crippen molar-refractivity contribution in [1.29, 1.82) is 0 Å². The fraction of sp³-hybridized carbons (Fsp3) is 0.200. The van der Waals surface area contributed by atoms with Crippen molar-refractivity contribution in [3.8, 4) is 0 Å². The quantitative estimate of drug-likeness (QED) is 0.667. The molecule has 1 aromatic carbocycles. The van der Waals surface area contributed by atoms with Crippen molar-refractivity contribution in [3.05, 3.63) is 41.2 Å². The molecular formula is C10H12N2O. The summed E-state index contributed by atoms with van der Waals surface area (Å²) in [5.74, 6) is 0. The minimum Gasteiger partial charge on any atom is -0.636 e. The fourth-order valence-corrected chi connectivity index (χ4v) is 1.55. The normalized spacial score (nSPS) is 10.8. The fourth-order valence-electron chi connectivity index (χ4n) is 1.55. The highest BCUT2D eigenvalue weighted by molar-refractivity contribution is 5.82. The number of hydroxylamine groups is 1. The largest absolute Gasteiger partial charge is 0.636 e. The molecule has 0 saturated carbocycles. The summed E-state index contributed by atoms with van der Waals surface area (Å²) in [7, 11) is 0. The minimum absolute atomic E-state index is 0.599. The van der Waals surface area contributed by atoms with E-state index in [1.807, 2.05) is 24.4 Å². The van der Waals surface area contributed by atoms with E-state index in [0.717, 1.165) is 17.4 Å². The highest BCUT2D eigenvalue weighted by Crippen LogP contribution is 2.17. The van der Waals surface area contributed by atoms with Crippen LogP contribution in [0.2, 0.25) is 0 Å². The van der Waals surface area contributed by atoms with Gasteiger partial charge in [-0.25, -0.2) is 0 Å². The first kappa shape index (κ1) is 8.29. The molecule has 0 amide bonds. The molecule has 0 aliphatic rings. The second kappa shape index (κ2) is 3.60. The van der Waals surface area contributed by atoms with Crippen molar-refractivity contribution < 1.29 is 5.48 Å². The van der Waals surface area contributed by atoms with Gasteiger partial charge in [0.05, 0.1) is 6.54 Å². The predicted octanol–water partition coefficient (Wildman–Crippen LogP) is 0.772. The molecule has 3 N–H and O–H groups in total. The first-order valence-electron chi connectivity index (χ1n) is 4.40. The highest BCUT2D eigenvalue weighted by atomic mass is 16.5. The van der Waals surface area contributed by atoms with Gasteiger partial charge < -0.3 is 15.7 Å². The Labute approximate surface area is 76.4 Å². The Morgan fingerprint density at radius 3 is 3.00 bits per heavy atom. The van der Waals surface area contributed by atoms with E-state index in [4.69, 9.17) is 0 Å². The van der Waals surface area contributed by atoms with E-state index in [9.17, 15) is 5.21 Å². The van der Waals surface area contributed by atoms with Crippen LogP contribution in [0.25, 0.3) is 10.9 Å². The van der Waals surface area contributed by atoms with E-state index >= 15 is 0 Å². The van der Waals surface area contributed by atoms with Crippen LogP contribution in [0.15, 0.2) is 30.5 Å². The lowest BCUT2D eigenvalue weighted by Crippen LogP contribution is -2.77. The number of quaternary nitrogens is 1. The Morgan fingerprint density at radius 1 is 1.31 bits per heavy atom. The molecule has 0 bridgehead atoms. The van der Waals surface area contributed by atoms with E-state index in [1.165, 1.54) is 10.9 Å². The van der Waals surface area contributed by atoms with Crippen molar-refractivity contribution in [2.45, 2.75) is 6.42 Å². The molecule has 13 heavy (non-hydrogen) atoms. The third-order valence-electron chi connectivity index (χ3n) is 2.21. The van der Waals surface area contributed by atoms with Gasteiger partial charge in [0.2, 0.25) is 0 Å². The maximum atomic E-state index is 10.2. The van der Waals surface area contributed by atoms with Gasteiger partial charge in [-0.2, -0.15) is 0 Å². The van der Waals surface area contributed by atoms with Crippen molar-refractivity contribution in [1.82, 2.24) is 4.98 Å². The molecule has 0 aliphatic heterocycles. The zero-order valence-corrected chi connectivity index (χ0v) is 7.29. The number of aromatic amines is 1. The number of hydrogen-bond acceptors (Lipinski definition) is 1. The van der Waals surface area contributed by atoms with E-state index in [-0.39, 0.29) is 0 Å². The summed E-state index contributed by atoms with van der Waals surface area (Å²) in [6.07, 6.45) is 2.81. The highest BCUT2D eigenvalue weighted by Gasteiger charge is 2.01. The molecule has 0 aliphatic carbocycles. The molecule has 1 heterocycles. The Hall–Kier alpha value is -1.32. The van der Waals surface area contributed by atoms with Gasteiger partial charge in [-0.3, -0.25) is 0 Å². The van der Waals surface area contributed by atoms with E-state index in [1.54, 1.807) is 0 Å². The molecule has 2 aromatic rings. The zero-order chi connectivity index (χ0) is 9.10. The van der Waals surface area contributed by atoms with Gasteiger partial charge >= 0.3 is 0 Å². The molecule has 3 nitrogen and oxygen atoms in total. The van der Waals surface area contributed by atoms with Crippen molar-refractivity contribution in [2.24, 2.45) is 0 Å². The summed E-state index contributed by atoms with van der Waals surface area (Å²) in [5, 5.41) is 11.5. The second-order valence-electron chi connectivity index (χ2n) is 3.06. The van der Waals surface area contributed by atoms with Crippen molar-refractivity contribution in [2.75, 3.05) is 6.54 Å². The third kappa shape index (κ3) is 1.56. The maximum Gasteiger partial charge on any atom is 0.0794 e. The molecule has 0 unspecified atom stereocenters. The van der Waals surface area contributed by atoms with Crippen LogP contribution >= 0.6 is 0 Å². The van der Waals surface area contributed by atoms with Crippen LogP contribution < -0.4 is 5.48 Å². The number of hydrogen-bond donors (Lipinski definition) is 2. The summed E-state index contributed by atoms with van der Waals surface area (Å²) in [6.45, 7) is 0.599. The zero-order valence-electron chi connectivity index (χ0n) is 7.29. The lowest BCUT2D eigenvalue weighted by molar-refractivity contribution is -0.588. The first-order valence-corrected chi connectivity index (χ1v) is 4.40. The van der Waals surface area contributed by atoms with Gasteiger partial charge in [-0.1, -0.05) is 18.2 Å². The van der Waals surface area contributed by atoms with Gasteiger partial charge in [0.15, 0.2) is 0 Å². The third-order valence-corrected chi connectivity index (χ3v) is 2.21. The minimum atomic E-state index is 0.599. The van der Waals surface area contributed by atoms with Crippen LogP contribution in [-0.2, 0) is 6.42 Å².